The molecule has 0 amide bonds. The lowest BCUT2D eigenvalue weighted by Crippen LogP contribution is -2.33. The Morgan fingerprint density at radius 3 is 2.47 bits per heavy atom. The molecule has 1 aliphatic heterocycles. The van der Waals surface area contributed by atoms with Gasteiger partial charge in [-0.15, -0.1) is 13.2 Å². The number of nitrogens with zero attached hydrogens (tertiary/aromatic N) is 4. The smallest absolute Gasteiger partial charge is 0.406 e. The highest BCUT2D eigenvalue weighted by molar-refractivity contribution is 5.85. The van der Waals surface area contributed by atoms with Crippen LogP contribution in [0, 0.1) is 0 Å². The zero-order valence-electron chi connectivity index (χ0n) is 15.1. The van der Waals surface area contributed by atoms with E-state index in [2.05, 4.69) is 25.0 Å². The van der Waals surface area contributed by atoms with Gasteiger partial charge in [-0.1, -0.05) is 0 Å². The number of aliphatic hydroxyl groups is 3. The molecule has 0 spiro atoms. The summed E-state index contributed by atoms with van der Waals surface area (Å²) in [5.41, 5.74) is 0.997. The summed E-state index contributed by atoms with van der Waals surface area (Å²) >= 11 is 0. The molecular formula is C17H16F3N5O5. The van der Waals surface area contributed by atoms with E-state index in [-0.39, 0.29) is 17.2 Å². The van der Waals surface area contributed by atoms with Crippen molar-refractivity contribution in [1.82, 2.24) is 19.5 Å². The van der Waals surface area contributed by atoms with Gasteiger partial charge in [0, 0.05) is 5.69 Å². The average molecular weight is 427 g/mol. The summed E-state index contributed by atoms with van der Waals surface area (Å²) in [6, 6.07) is 5.04. The SMILES string of the molecule is OCC1OC(n2cnc3c(Nc4ccc(OC(F)(F)F)cc4)ncnc32)C(O)C1O. The van der Waals surface area contributed by atoms with Crippen LogP contribution in [0.15, 0.2) is 36.9 Å². The van der Waals surface area contributed by atoms with E-state index in [1.165, 1.54) is 29.4 Å². The second kappa shape index (κ2) is 7.68. The number of benzene rings is 1. The van der Waals surface area contributed by atoms with Crippen molar-refractivity contribution < 1.29 is 38.0 Å². The predicted octanol–water partition coefficient (Wildman–Crippen LogP) is 1.08. The highest BCUT2D eigenvalue weighted by atomic mass is 19.4. The molecule has 4 unspecified atom stereocenters. The molecule has 0 aliphatic carbocycles. The Morgan fingerprint density at radius 1 is 1.10 bits per heavy atom. The molecule has 1 fully saturated rings. The minimum Gasteiger partial charge on any atom is -0.406 e. The van der Waals surface area contributed by atoms with Crippen molar-refractivity contribution in [2.75, 3.05) is 11.9 Å². The van der Waals surface area contributed by atoms with Crippen LogP contribution in [-0.4, -0.2) is 66.1 Å². The number of nitrogens with one attached hydrogen (secondary N) is 1. The normalized spacial score (nSPS) is 24.3. The minimum absolute atomic E-state index is 0.259. The van der Waals surface area contributed by atoms with E-state index >= 15 is 0 Å². The fraction of sp³-hybridized carbons (Fsp3) is 0.353. The number of alkyl halides is 3. The molecule has 1 saturated heterocycles. The summed E-state index contributed by atoms with van der Waals surface area (Å²) < 4.78 is 47.5. The molecule has 3 aromatic rings. The number of aromatic nitrogens is 4. The number of rotatable bonds is 5. The third kappa shape index (κ3) is 3.87. The minimum atomic E-state index is -4.78. The molecular weight excluding hydrogens is 411 g/mol. The number of anilines is 2. The van der Waals surface area contributed by atoms with E-state index in [0.717, 1.165) is 12.1 Å². The second-order valence-corrected chi connectivity index (χ2v) is 6.47. The highest BCUT2D eigenvalue weighted by Crippen LogP contribution is 2.33. The summed E-state index contributed by atoms with van der Waals surface area (Å²) in [7, 11) is 0. The van der Waals surface area contributed by atoms with Gasteiger partial charge < -0.3 is 30.1 Å². The Kier molecular flexibility index (Phi) is 5.19. The maximum Gasteiger partial charge on any atom is 0.573 e. The van der Waals surface area contributed by atoms with E-state index < -0.39 is 37.5 Å². The number of fused-ring (bicyclic) bond motifs is 1. The lowest BCUT2D eigenvalue weighted by atomic mass is 10.1. The lowest BCUT2D eigenvalue weighted by molar-refractivity contribution is -0.274. The Labute approximate surface area is 166 Å². The molecule has 1 aromatic carbocycles. The van der Waals surface area contributed by atoms with E-state index in [4.69, 9.17) is 4.74 Å². The topological polar surface area (TPSA) is 135 Å². The molecule has 160 valence electrons. The van der Waals surface area contributed by atoms with Gasteiger partial charge in [-0.3, -0.25) is 4.57 Å². The van der Waals surface area contributed by atoms with Crippen LogP contribution in [-0.2, 0) is 4.74 Å². The van der Waals surface area contributed by atoms with Crippen LogP contribution in [0.25, 0.3) is 11.2 Å². The fourth-order valence-electron chi connectivity index (χ4n) is 3.12. The summed E-state index contributed by atoms with van der Waals surface area (Å²) in [6.07, 6.45) is -6.79. The monoisotopic (exact) mass is 427 g/mol. The molecule has 4 atom stereocenters. The van der Waals surface area contributed by atoms with Crippen molar-refractivity contribution in [2.45, 2.75) is 30.9 Å². The van der Waals surface area contributed by atoms with Crippen molar-refractivity contribution in [2.24, 2.45) is 0 Å². The summed E-state index contributed by atoms with van der Waals surface area (Å²) in [5.74, 6) is -0.107. The number of ether oxygens (including phenoxy) is 2. The molecule has 0 saturated carbocycles. The number of halogens is 3. The summed E-state index contributed by atoms with van der Waals surface area (Å²) in [5, 5.41) is 32.3. The quantitative estimate of drug-likeness (QED) is 0.472. The van der Waals surface area contributed by atoms with Crippen molar-refractivity contribution >= 4 is 22.7 Å². The highest BCUT2D eigenvalue weighted by Gasteiger charge is 2.44. The Balaban J connectivity index is 1.58. The first-order chi connectivity index (χ1) is 14.3. The number of aliphatic hydroxyl groups excluding tert-OH is 3. The number of imidazole rings is 1. The van der Waals surface area contributed by atoms with Crippen LogP contribution in [0.4, 0.5) is 24.7 Å². The van der Waals surface area contributed by atoms with Gasteiger partial charge in [-0.2, -0.15) is 0 Å². The van der Waals surface area contributed by atoms with E-state index in [0.29, 0.717) is 11.2 Å². The van der Waals surface area contributed by atoms with Gasteiger partial charge in [0.05, 0.1) is 12.9 Å². The molecule has 0 radical (unpaired) electrons. The van der Waals surface area contributed by atoms with Gasteiger partial charge >= 0.3 is 6.36 Å². The molecule has 1 aliphatic rings. The lowest BCUT2D eigenvalue weighted by Gasteiger charge is -2.16. The molecule has 4 rings (SSSR count). The Bertz CT molecular complexity index is 1030. The molecule has 3 heterocycles. The first-order valence-corrected chi connectivity index (χ1v) is 8.69. The maximum absolute atomic E-state index is 12.3. The first-order valence-electron chi connectivity index (χ1n) is 8.69. The Morgan fingerprint density at radius 2 is 1.83 bits per heavy atom. The van der Waals surface area contributed by atoms with Crippen LogP contribution in [0.2, 0.25) is 0 Å². The fourth-order valence-corrected chi connectivity index (χ4v) is 3.12. The standard InChI is InChI=1S/C17H16F3N5O5/c18-17(19,20)30-9-3-1-8(2-4-9)24-14-11-15(22-6-21-14)25(7-23-11)16-13(28)12(27)10(5-26)29-16/h1-4,6-7,10,12-13,16,26-28H,5H2,(H,21,22,24). The van der Waals surface area contributed by atoms with Gasteiger partial charge in [0.1, 0.15) is 30.4 Å². The van der Waals surface area contributed by atoms with Gasteiger partial charge in [-0.05, 0) is 24.3 Å². The number of hydrogen-bond acceptors (Lipinski definition) is 9. The third-order valence-electron chi connectivity index (χ3n) is 4.50. The van der Waals surface area contributed by atoms with Gasteiger partial charge in [-0.25, -0.2) is 15.0 Å². The molecule has 30 heavy (non-hydrogen) atoms. The summed E-state index contributed by atoms with van der Waals surface area (Å²) in [6.45, 7) is -0.475. The predicted molar refractivity (Wildman–Crippen MR) is 94.7 cm³/mol. The van der Waals surface area contributed by atoms with Gasteiger partial charge in [0.15, 0.2) is 23.2 Å². The van der Waals surface area contributed by atoms with Crippen LogP contribution < -0.4 is 10.1 Å². The van der Waals surface area contributed by atoms with Gasteiger partial charge in [0.2, 0.25) is 0 Å². The largest absolute Gasteiger partial charge is 0.573 e. The molecule has 4 N–H and O–H groups in total. The van der Waals surface area contributed by atoms with Crippen molar-refractivity contribution in [3.05, 3.63) is 36.9 Å². The average Bonchev–Trinajstić information content (AvgIpc) is 3.24. The van der Waals surface area contributed by atoms with Crippen LogP contribution in [0.1, 0.15) is 6.23 Å². The maximum atomic E-state index is 12.3. The van der Waals surface area contributed by atoms with Crippen LogP contribution in [0.3, 0.4) is 0 Å². The van der Waals surface area contributed by atoms with Crippen LogP contribution in [0.5, 0.6) is 5.75 Å². The zero-order chi connectivity index (χ0) is 21.5. The van der Waals surface area contributed by atoms with Gasteiger partial charge in [0.25, 0.3) is 0 Å². The number of hydrogen-bond donors (Lipinski definition) is 4. The molecule has 2 aromatic heterocycles. The van der Waals surface area contributed by atoms with E-state index in [1.54, 1.807) is 0 Å². The van der Waals surface area contributed by atoms with Crippen LogP contribution >= 0.6 is 0 Å². The van der Waals surface area contributed by atoms with Crippen molar-refractivity contribution in [1.29, 1.82) is 0 Å². The molecule has 10 nitrogen and oxygen atoms in total. The molecule has 0 bridgehead atoms. The molecule has 13 heteroatoms. The van der Waals surface area contributed by atoms with Crippen molar-refractivity contribution in [3.8, 4) is 5.75 Å². The summed E-state index contributed by atoms with van der Waals surface area (Å²) in [4.78, 5) is 12.4. The zero-order valence-corrected chi connectivity index (χ0v) is 15.1. The van der Waals surface area contributed by atoms with Crippen molar-refractivity contribution in [3.63, 3.8) is 0 Å². The second-order valence-electron chi connectivity index (χ2n) is 6.47. The van der Waals surface area contributed by atoms with E-state index in [9.17, 15) is 28.5 Å². The first kappa shape index (κ1) is 20.3. The Hall–Kier alpha value is -3.00. The third-order valence-corrected chi connectivity index (χ3v) is 4.50. The van der Waals surface area contributed by atoms with E-state index in [1.807, 2.05) is 0 Å².